The summed E-state index contributed by atoms with van der Waals surface area (Å²) in [6.07, 6.45) is 0.426. The Hall–Kier alpha value is -4.57. The predicted molar refractivity (Wildman–Crippen MR) is 167 cm³/mol. The molecular formula is C35H40N2O8. The highest BCUT2D eigenvalue weighted by Gasteiger charge is 2.41. The summed E-state index contributed by atoms with van der Waals surface area (Å²) in [6, 6.07) is 21.3. The van der Waals surface area contributed by atoms with Crippen molar-refractivity contribution in [3.05, 3.63) is 83.4 Å². The number of rotatable bonds is 12. The van der Waals surface area contributed by atoms with Gasteiger partial charge in [0.2, 0.25) is 5.91 Å². The van der Waals surface area contributed by atoms with Crippen LogP contribution in [-0.2, 0) is 30.4 Å². The Kier molecular flexibility index (Phi) is 10.2. The third kappa shape index (κ3) is 6.91. The number of hydrogen-bond donors (Lipinski definition) is 1. The molecule has 2 amide bonds. The van der Waals surface area contributed by atoms with Crippen molar-refractivity contribution >= 4 is 18.0 Å². The number of fused-ring (bicyclic) bond motifs is 3. The Morgan fingerprint density at radius 3 is 2.24 bits per heavy atom. The van der Waals surface area contributed by atoms with Crippen LogP contribution in [0.15, 0.2) is 66.7 Å². The molecule has 0 radical (unpaired) electrons. The van der Waals surface area contributed by atoms with Crippen molar-refractivity contribution < 1.29 is 38.1 Å². The molecule has 0 bridgehead atoms. The molecule has 0 saturated carbocycles. The number of amides is 2. The molecule has 1 aliphatic carbocycles. The van der Waals surface area contributed by atoms with Gasteiger partial charge in [0, 0.05) is 31.2 Å². The van der Waals surface area contributed by atoms with Gasteiger partial charge in [0.1, 0.15) is 31.3 Å². The number of likely N-dealkylation sites (tertiary alicyclic amines) is 1. The second-order valence-electron chi connectivity index (χ2n) is 11.3. The third-order valence-corrected chi connectivity index (χ3v) is 8.72. The highest BCUT2D eigenvalue weighted by molar-refractivity contribution is 5.84. The molecule has 5 rings (SSSR count). The van der Waals surface area contributed by atoms with E-state index in [0.29, 0.717) is 30.0 Å². The lowest BCUT2D eigenvalue weighted by atomic mass is 9.95. The van der Waals surface area contributed by atoms with Crippen LogP contribution in [0.1, 0.15) is 42.4 Å². The highest BCUT2D eigenvalue weighted by Crippen LogP contribution is 2.44. The average molecular weight is 617 g/mol. The van der Waals surface area contributed by atoms with Crippen molar-refractivity contribution in [3.63, 3.8) is 0 Å². The van der Waals surface area contributed by atoms with Crippen LogP contribution < -0.4 is 14.8 Å². The van der Waals surface area contributed by atoms with Gasteiger partial charge in [-0.15, -0.1) is 0 Å². The Morgan fingerprint density at radius 2 is 1.60 bits per heavy atom. The van der Waals surface area contributed by atoms with Crippen LogP contribution in [-0.4, -0.2) is 76.0 Å². The number of carbonyl (C=O) groups is 3. The van der Waals surface area contributed by atoms with E-state index in [1.54, 1.807) is 37.1 Å². The number of carbonyl (C=O) groups excluding carboxylic acids is 3. The fraction of sp³-hybridized carbons (Fsp3) is 0.400. The smallest absolute Gasteiger partial charge is 0.410 e. The Morgan fingerprint density at radius 1 is 0.911 bits per heavy atom. The van der Waals surface area contributed by atoms with Gasteiger partial charge in [0.25, 0.3) is 0 Å². The van der Waals surface area contributed by atoms with Gasteiger partial charge in [-0.05, 0) is 47.2 Å². The summed E-state index contributed by atoms with van der Waals surface area (Å²) in [7, 11) is 4.60. The Bertz CT molecular complexity index is 1480. The van der Waals surface area contributed by atoms with E-state index < -0.39 is 24.1 Å². The van der Waals surface area contributed by atoms with Crippen molar-refractivity contribution in [3.8, 4) is 22.6 Å². The maximum Gasteiger partial charge on any atom is 0.410 e. The van der Waals surface area contributed by atoms with Crippen molar-refractivity contribution in [1.82, 2.24) is 10.2 Å². The maximum atomic E-state index is 13.4. The van der Waals surface area contributed by atoms with E-state index in [-0.39, 0.29) is 37.6 Å². The zero-order chi connectivity index (χ0) is 31.9. The van der Waals surface area contributed by atoms with E-state index in [1.165, 1.54) is 14.2 Å². The van der Waals surface area contributed by atoms with E-state index in [2.05, 4.69) is 29.6 Å². The second kappa shape index (κ2) is 14.5. The van der Waals surface area contributed by atoms with Gasteiger partial charge in [-0.25, -0.2) is 4.79 Å². The Balaban J connectivity index is 1.14. The fourth-order valence-corrected chi connectivity index (χ4v) is 6.38. The summed E-state index contributed by atoms with van der Waals surface area (Å²) in [4.78, 5) is 40.6. The first-order valence-corrected chi connectivity index (χ1v) is 15.1. The molecule has 45 heavy (non-hydrogen) atoms. The lowest BCUT2D eigenvalue weighted by Gasteiger charge is -2.33. The van der Waals surface area contributed by atoms with Crippen molar-refractivity contribution in [1.29, 1.82) is 0 Å². The maximum absolute atomic E-state index is 13.4. The molecular weight excluding hydrogens is 576 g/mol. The number of esters is 1. The SMILES string of the molecule is COc1ccc(COC(=O)CNC(=O)C(C)C(OC)C2CCCN2C(=O)OCC2c3ccccc3-c3ccccc32)c(OC)c1. The summed E-state index contributed by atoms with van der Waals surface area (Å²) in [5.74, 6) is -0.508. The van der Waals surface area contributed by atoms with Gasteiger partial charge in [-0.3, -0.25) is 9.59 Å². The minimum Gasteiger partial charge on any atom is -0.497 e. The molecule has 0 spiro atoms. The molecule has 3 unspecified atom stereocenters. The molecule has 3 aromatic rings. The van der Waals surface area contributed by atoms with Gasteiger partial charge in [0.05, 0.1) is 32.3 Å². The van der Waals surface area contributed by atoms with Crippen LogP contribution in [0.25, 0.3) is 11.1 Å². The third-order valence-electron chi connectivity index (χ3n) is 8.72. The van der Waals surface area contributed by atoms with Gasteiger partial charge in [0.15, 0.2) is 0 Å². The topological polar surface area (TPSA) is 113 Å². The zero-order valence-electron chi connectivity index (χ0n) is 26.1. The molecule has 10 heteroatoms. The van der Waals surface area contributed by atoms with Gasteiger partial charge >= 0.3 is 12.1 Å². The van der Waals surface area contributed by atoms with Gasteiger partial charge in [-0.2, -0.15) is 0 Å². The van der Waals surface area contributed by atoms with Crippen LogP contribution in [0.2, 0.25) is 0 Å². The van der Waals surface area contributed by atoms with Crippen LogP contribution in [0.4, 0.5) is 4.79 Å². The van der Waals surface area contributed by atoms with E-state index in [1.807, 2.05) is 24.3 Å². The standard InChI is InChI=1S/C35H40N2O8/c1-22(34(39)36-19-32(38)44-20-23-15-16-24(41-2)18-31(23)42-3)33(43-4)30-14-9-17-37(30)35(40)45-21-29-27-12-7-5-10-25(27)26-11-6-8-13-28(26)29/h5-8,10-13,15-16,18,22,29-30,33H,9,14,17,19-21H2,1-4H3,(H,36,39). The van der Waals surface area contributed by atoms with E-state index in [4.69, 9.17) is 23.7 Å². The van der Waals surface area contributed by atoms with Crippen LogP contribution >= 0.6 is 0 Å². The molecule has 0 aromatic heterocycles. The summed E-state index contributed by atoms with van der Waals surface area (Å²) in [5, 5.41) is 2.65. The van der Waals surface area contributed by atoms with Crippen LogP contribution in [0.5, 0.6) is 11.5 Å². The molecule has 1 N–H and O–H groups in total. The summed E-state index contributed by atoms with van der Waals surface area (Å²) in [6.45, 7) is 2.13. The molecule has 10 nitrogen and oxygen atoms in total. The Labute approximate surface area is 263 Å². The number of methoxy groups -OCH3 is 3. The average Bonchev–Trinajstić information content (AvgIpc) is 3.68. The first kappa shape index (κ1) is 31.8. The summed E-state index contributed by atoms with van der Waals surface area (Å²) in [5.41, 5.74) is 5.28. The molecule has 1 aliphatic heterocycles. The van der Waals surface area contributed by atoms with Gasteiger partial charge in [-0.1, -0.05) is 55.5 Å². The largest absolute Gasteiger partial charge is 0.497 e. The lowest BCUT2D eigenvalue weighted by molar-refractivity contribution is -0.146. The number of ether oxygens (including phenoxy) is 5. The van der Waals surface area contributed by atoms with Crippen molar-refractivity contribution in [2.75, 3.05) is 41.0 Å². The molecule has 3 aromatic carbocycles. The first-order chi connectivity index (χ1) is 21.9. The quantitative estimate of drug-likeness (QED) is 0.285. The van der Waals surface area contributed by atoms with E-state index in [9.17, 15) is 14.4 Å². The minimum absolute atomic E-state index is 0.0186. The minimum atomic E-state index is -0.642. The van der Waals surface area contributed by atoms with Crippen LogP contribution in [0.3, 0.4) is 0 Å². The molecule has 1 fully saturated rings. The summed E-state index contributed by atoms with van der Waals surface area (Å²) < 4.78 is 27.6. The second-order valence-corrected chi connectivity index (χ2v) is 11.3. The number of nitrogens with zero attached hydrogens (tertiary/aromatic N) is 1. The first-order valence-electron chi connectivity index (χ1n) is 15.1. The van der Waals surface area contributed by atoms with Crippen molar-refractivity contribution in [2.45, 2.75) is 44.4 Å². The normalized spacial score (nSPS) is 16.7. The molecule has 1 saturated heterocycles. The molecule has 3 atom stereocenters. The lowest BCUT2D eigenvalue weighted by Crippen LogP contribution is -2.50. The van der Waals surface area contributed by atoms with Gasteiger partial charge < -0.3 is 33.9 Å². The zero-order valence-corrected chi connectivity index (χ0v) is 26.1. The van der Waals surface area contributed by atoms with E-state index >= 15 is 0 Å². The molecule has 2 aliphatic rings. The number of benzene rings is 3. The number of hydrogen-bond acceptors (Lipinski definition) is 8. The monoisotopic (exact) mass is 616 g/mol. The van der Waals surface area contributed by atoms with Crippen molar-refractivity contribution in [2.24, 2.45) is 5.92 Å². The number of nitrogens with one attached hydrogen (secondary N) is 1. The molecule has 1 heterocycles. The van der Waals surface area contributed by atoms with Crippen LogP contribution in [0, 0.1) is 5.92 Å². The highest BCUT2D eigenvalue weighted by atomic mass is 16.6. The molecule has 238 valence electrons. The summed E-state index contributed by atoms with van der Waals surface area (Å²) >= 11 is 0. The van der Waals surface area contributed by atoms with E-state index in [0.717, 1.165) is 28.7 Å². The fourth-order valence-electron chi connectivity index (χ4n) is 6.38. The predicted octanol–water partition coefficient (Wildman–Crippen LogP) is 4.93.